The molecular formula is C28H34N2O17. The van der Waals surface area contributed by atoms with Crippen LogP contribution in [0.1, 0.15) is 41.0 Å². The summed E-state index contributed by atoms with van der Waals surface area (Å²) >= 11 is 0. The molecule has 0 saturated carbocycles. The van der Waals surface area contributed by atoms with Crippen LogP contribution in [0, 0.1) is 10.1 Å². The number of esters is 6. The zero-order valence-electron chi connectivity index (χ0n) is 26.2. The maximum absolute atomic E-state index is 13.4. The number of amides is 1. The van der Waals surface area contributed by atoms with Crippen LogP contribution >= 0.6 is 0 Å². The largest absolute Gasteiger partial charge is 0.464 e. The number of carbonyl (C=O) groups excluding carboxylic acids is 7. The summed E-state index contributed by atoms with van der Waals surface area (Å²) in [5.41, 5.74) is -0.329. The predicted octanol–water partition coefficient (Wildman–Crippen LogP) is 0.0379. The Morgan fingerprint density at radius 1 is 0.915 bits per heavy atom. The van der Waals surface area contributed by atoms with Crippen molar-refractivity contribution >= 4 is 47.4 Å². The van der Waals surface area contributed by atoms with Crippen LogP contribution in [0.15, 0.2) is 24.3 Å². The van der Waals surface area contributed by atoms with Crippen molar-refractivity contribution < 1.29 is 76.4 Å². The molecule has 1 N–H and O–H groups in total. The lowest BCUT2D eigenvalue weighted by Gasteiger charge is -2.48. The molecule has 19 nitrogen and oxygen atoms in total. The van der Waals surface area contributed by atoms with Gasteiger partial charge in [-0.3, -0.25) is 38.9 Å². The number of ether oxygens (including phenoxy) is 8. The number of methoxy groups -OCH3 is 1. The van der Waals surface area contributed by atoms with E-state index >= 15 is 0 Å². The predicted molar refractivity (Wildman–Crippen MR) is 150 cm³/mol. The van der Waals surface area contributed by atoms with E-state index in [1.54, 1.807) is 0 Å². The van der Waals surface area contributed by atoms with Crippen molar-refractivity contribution in [2.75, 3.05) is 20.3 Å². The molecule has 1 saturated heterocycles. The third kappa shape index (κ3) is 11.2. The van der Waals surface area contributed by atoms with Crippen molar-refractivity contribution in [3.63, 3.8) is 0 Å². The van der Waals surface area contributed by atoms with Gasteiger partial charge in [-0.2, -0.15) is 0 Å². The van der Waals surface area contributed by atoms with E-state index in [0.29, 0.717) is 0 Å². The summed E-state index contributed by atoms with van der Waals surface area (Å²) in [5, 5.41) is 13.6. The fourth-order valence-corrected chi connectivity index (χ4v) is 4.49. The molecule has 0 bridgehead atoms. The highest BCUT2D eigenvalue weighted by Gasteiger charge is 2.60. The molecule has 1 aromatic carbocycles. The molecule has 47 heavy (non-hydrogen) atoms. The number of hydrogen-bond donors (Lipinski definition) is 1. The molecular weight excluding hydrogens is 636 g/mol. The van der Waals surface area contributed by atoms with Crippen LogP contribution in [-0.4, -0.2) is 103 Å². The Labute approximate surface area is 267 Å². The number of benzene rings is 1. The van der Waals surface area contributed by atoms with Gasteiger partial charge in [0.15, 0.2) is 18.8 Å². The average Bonchev–Trinajstić information content (AvgIpc) is 2.97. The summed E-state index contributed by atoms with van der Waals surface area (Å²) in [6.45, 7) is 3.48. The Kier molecular flexibility index (Phi) is 13.6. The second kappa shape index (κ2) is 16.8. The van der Waals surface area contributed by atoms with Gasteiger partial charge in [0.05, 0.1) is 24.5 Å². The third-order valence-corrected chi connectivity index (χ3v) is 6.19. The van der Waals surface area contributed by atoms with Crippen LogP contribution in [-0.2, 0) is 66.7 Å². The van der Waals surface area contributed by atoms with Crippen LogP contribution in [0.3, 0.4) is 0 Å². The zero-order valence-corrected chi connectivity index (χ0v) is 26.2. The van der Waals surface area contributed by atoms with E-state index in [4.69, 9.17) is 37.9 Å². The standard InChI is InChI=1S/C28H34N2O17/c1-14(31)41-12-22(44-17(4)34)25(45-18(5)35)26-24(29-23(36)13-42-15(2)32)21(43-16(3)33)11-28(47-26,27(37)40-6)46-20-9-7-19(8-10-20)30(38)39/h7-10,21-22,24-26H,11-13H2,1-6H3,(H,29,36)/t21-,22?,24+,25+,26+,28+/m0/s1. The fraction of sp³-hybridized carbons (Fsp3) is 0.536. The molecule has 1 aromatic rings. The summed E-state index contributed by atoms with van der Waals surface area (Å²) < 4.78 is 42.9. The summed E-state index contributed by atoms with van der Waals surface area (Å²) in [4.78, 5) is 96.6. The second-order valence-corrected chi connectivity index (χ2v) is 9.93. The van der Waals surface area contributed by atoms with E-state index in [0.717, 1.165) is 66.0 Å². The van der Waals surface area contributed by atoms with E-state index in [2.05, 4.69) is 5.32 Å². The van der Waals surface area contributed by atoms with Crippen LogP contribution < -0.4 is 10.1 Å². The smallest absolute Gasteiger partial charge is 0.379 e. The van der Waals surface area contributed by atoms with E-state index in [1.165, 1.54) is 0 Å². The highest BCUT2D eigenvalue weighted by Crippen LogP contribution is 2.38. The molecule has 258 valence electrons. The van der Waals surface area contributed by atoms with Gasteiger partial charge in [-0.15, -0.1) is 0 Å². The second-order valence-electron chi connectivity index (χ2n) is 9.93. The van der Waals surface area contributed by atoms with Crippen LogP contribution in [0.25, 0.3) is 0 Å². The van der Waals surface area contributed by atoms with Gasteiger partial charge in [0.25, 0.3) is 11.6 Å². The first-order chi connectivity index (χ1) is 22.0. The van der Waals surface area contributed by atoms with Crippen molar-refractivity contribution in [3.05, 3.63) is 34.4 Å². The Bertz CT molecular complexity index is 1360. The average molecular weight is 671 g/mol. The fourth-order valence-electron chi connectivity index (χ4n) is 4.49. The number of nitro benzene ring substituents is 1. The lowest BCUT2D eigenvalue weighted by molar-refractivity contribution is -0.384. The Balaban J connectivity index is 2.81. The van der Waals surface area contributed by atoms with Gasteiger partial charge in [-0.1, -0.05) is 0 Å². The van der Waals surface area contributed by atoms with Crippen molar-refractivity contribution in [2.24, 2.45) is 0 Å². The minimum absolute atomic E-state index is 0.181. The lowest BCUT2D eigenvalue weighted by Crippen LogP contribution is -2.70. The van der Waals surface area contributed by atoms with Crippen molar-refractivity contribution in [1.82, 2.24) is 5.32 Å². The minimum Gasteiger partial charge on any atom is -0.464 e. The first-order valence-electron chi connectivity index (χ1n) is 13.8. The summed E-state index contributed by atoms with van der Waals surface area (Å²) in [5.74, 6) is -9.50. The molecule has 0 spiro atoms. The molecule has 6 atom stereocenters. The number of non-ortho nitro benzene ring substituents is 1. The molecule has 0 radical (unpaired) electrons. The molecule has 1 unspecified atom stereocenters. The van der Waals surface area contributed by atoms with Crippen LogP contribution in [0.4, 0.5) is 5.69 Å². The molecule has 0 aliphatic carbocycles. The molecule has 2 rings (SSSR count). The number of carbonyl (C=O) groups is 7. The quantitative estimate of drug-likeness (QED) is 0.119. The van der Waals surface area contributed by atoms with E-state index in [1.807, 2.05) is 0 Å². The highest BCUT2D eigenvalue weighted by molar-refractivity contribution is 5.81. The van der Waals surface area contributed by atoms with Gasteiger partial charge >= 0.3 is 41.6 Å². The zero-order chi connectivity index (χ0) is 35.5. The maximum atomic E-state index is 13.4. The third-order valence-electron chi connectivity index (χ3n) is 6.19. The Hall–Kier alpha value is -5.33. The highest BCUT2D eigenvalue weighted by atomic mass is 16.7. The molecule has 1 aliphatic heterocycles. The van der Waals surface area contributed by atoms with Gasteiger partial charge in [0, 0.05) is 46.8 Å². The Morgan fingerprint density at radius 3 is 2.00 bits per heavy atom. The number of nitro groups is 1. The molecule has 1 amide bonds. The van der Waals surface area contributed by atoms with E-state index in [9.17, 15) is 43.7 Å². The van der Waals surface area contributed by atoms with Gasteiger partial charge in [0.1, 0.15) is 24.6 Å². The summed E-state index contributed by atoms with van der Waals surface area (Å²) in [6, 6.07) is 2.79. The maximum Gasteiger partial charge on any atom is 0.379 e. The van der Waals surface area contributed by atoms with E-state index in [-0.39, 0.29) is 11.4 Å². The van der Waals surface area contributed by atoms with Gasteiger partial charge in [-0.05, 0) is 12.1 Å². The normalized spacial score (nSPS) is 21.4. The lowest BCUT2D eigenvalue weighted by atomic mass is 9.88. The SMILES string of the molecule is COC(=O)[C@@]1(Oc2ccc([N+](=O)[O-])cc2)C[C@H](OC(C)=O)[C@@H](NC(=O)COC(C)=O)[C@H]([C@H](OC(C)=O)C(COC(C)=O)OC(C)=O)O1. The minimum atomic E-state index is -2.59. The monoisotopic (exact) mass is 670 g/mol. The van der Waals surface area contributed by atoms with Gasteiger partial charge in [0.2, 0.25) is 0 Å². The van der Waals surface area contributed by atoms with Crippen LogP contribution in [0.2, 0.25) is 0 Å². The van der Waals surface area contributed by atoms with Crippen molar-refractivity contribution in [1.29, 1.82) is 0 Å². The molecule has 1 aliphatic rings. The molecule has 1 fully saturated rings. The van der Waals surface area contributed by atoms with E-state index < -0.39 is 103 Å². The first kappa shape index (κ1) is 37.9. The Morgan fingerprint density at radius 2 is 1.51 bits per heavy atom. The number of nitrogens with one attached hydrogen (secondary N) is 1. The number of rotatable bonds is 14. The summed E-state index contributed by atoms with van der Waals surface area (Å²) in [6.07, 6.45) is -7.63. The van der Waals surface area contributed by atoms with Gasteiger partial charge < -0.3 is 43.2 Å². The summed E-state index contributed by atoms with van der Waals surface area (Å²) in [7, 11) is 0.960. The molecule has 19 heteroatoms. The van der Waals surface area contributed by atoms with Crippen molar-refractivity contribution in [3.8, 4) is 5.75 Å². The number of hydrogen-bond acceptors (Lipinski definition) is 17. The molecule has 0 aromatic heterocycles. The topological polar surface area (TPSA) is 248 Å². The first-order valence-corrected chi connectivity index (χ1v) is 13.8. The van der Waals surface area contributed by atoms with Crippen molar-refractivity contribution in [2.45, 2.75) is 77.3 Å². The number of nitrogens with zero attached hydrogens (tertiary/aromatic N) is 1. The van der Waals surface area contributed by atoms with Crippen LogP contribution in [0.5, 0.6) is 5.75 Å². The molecule has 1 heterocycles. The van der Waals surface area contributed by atoms with Gasteiger partial charge in [-0.25, -0.2) is 4.79 Å².